The van der Waals surface area contributed by atoms with Gasteiger partial charge in [-0.3, -0.25) is 4.79 Å². The van der Waals surface area contributed by atoms with E-state index in [-0.39, 0.29) is 24.4 Å². The maximum absolute atomic E-state index is 12.0. The van der Waals surface area contributed by atoms with Gasteiger partial charge in [0, 0.05) is 5.69 Å². The van der Waals surface area contributed by atoms with Crippen molar-refractivity contribution in [1.29, 1.82) is 0 Å². The van der Waals surface area contributed by atoms with E-state index in [1.807, 2.05) is 0 Å². The predicted octanol–water partition coefficient (Wildman–Crippen LogP) is 1.12. The number of aromatic hydroxyl groups is 1. The van der Waals surface area contributed by atoms with Crippen LogP contribution < -0.4 is 10.2 Å². The first-order chi connectivity index (χ1) is 9.74. The number of ether oxygens (including phenoxy) is 1. The highest BCUT2D eigenvalue weighted by molar-refractivity contribution is 5.95. The molecule has 2 fully saturated rings. The minimum Gasteiger partial charge on any atom is -0.508 e. The van der Waals surface area contributed by atoms with Crippen molar-refractivity contribution in [2.75, 3.05) is 31.1 Å². The summed E-state index contributed by atoms with van der Waals surface area (Å²) in [5.74, 6) is 0.717. The Hall–Kier alpha value is -1.59. The Morgan fingerprint density at radius 1 is 1.20 bits per heavy atom. The molecule has 1 atom stereocenters. The summed E-state index contributed by atoms with van der Waals surface area (Å²) in [7, 11) is 0. The zero-order chi connectivity index (χ0) is 13.9. The number of anilines is 1. The highest BCUT2D eigenvalue weighted by Crippen LogP contribution is 2.26. The topological polar surface area (TPSA) is 61.8 Å². The molecule has 2 aliphatic heterocycles. The normalized spacial score (nSPS) is 24.9. The van der Waals surface area contributed by atoms with Gasteiger partial charge in [0.15, 0.2) is 0 Å². The first-order valence-corrected chi connectivity index (χ1v) is 7.16. The van der Waals surface area contributed by atoms with Crippen LogP contribution in [0.3, 0.4) is 0 Å². The van der Waals surface area contributed by atoms with Gasteiger partial charge < -0.3 is 20.1 Å². The smallest absolute Gasteiger partial charge is 0.253 e. The van der Waals surface area contributed by atoms with Gasteiger partial charge in [0.05, 0.1) is 12.6 Å². The first-order valence-electron chi connectivity index (χ1n) is 7.16. The largest absolute Gasteiger partial charge is 0.508 e. The quantitative estimate of drug-likeness (QED) is 0.850. The fraction of sp³-hybridized carbons (Fsp3) is 0.533. The third-order valence-electron chi connectivity index (χ3n) is 4.16. The number of nitrogens with one attached hydrogen (secondary N) is 1. The summed E-state index contributed by atoms with van der Waals surface area (Å²) in [4.78, 5) is 13.8. The van der Waals surface area contributed by atoms with Gasteiger partial charge in [0.2, 0.25) is 0 Å². The Morgan fingerprint density at radius 2 is 1.90 bits per heavy atom. The van der Waals surface area contributed by atoms with Gasteiger partial charge in [-0.2, -0.15) is 0 Å². The zero-order valence-corrected chi connectivity index (χ0v) is 11.4. The van der Waals surface area contributed by atoms with Crippen LogP contribution in [0.1, 0.15) is 12.8 Å². The molecule has 2 N–H and O–H groups in total. The van der Waals surface area contributed by atoms with Crippen molar-refractivity contribution in [2.45, 2.75) is 18.9 Å². The summed E-state index contributed by atoms with van der Waals surface area (Å²) in [6.45, 7) is 2.80. The van der Waals surface area contributed by atoms with Crippen LogP contribution in [0.25, 0.3) is 0 Å². The fourth-order valence-electron chi connectivity index (χ4n) is 2.97. The first kappa shape index (κ1) is 13.4. The third kappa shape index (κ3) is 2.78. The molecule has 1 unspecified atom stereocenters. The lowest BCUT2D eigenvalue weighted by molar-refractivity contribution is -0.131. The number of nitrogens with zero attached hydrogens (tertiary/aromatic N) is 1. The van der Waals surface area contributed by atoms with Crippen LogP contribution in [0.5, 0.6) is 5.75 Å². The Labute approximate surface area is 118 Å². The van der Waals surface area contributed by atoms with E-state index < -0.39 is 0 Å². The Bertz CT molecular complexity index is 469. The number of hydrogen-bond donors (Lipinski definition) is 2. The Balaban J connectivity index is 1.72. The molecule has 1 aromatic carbocycles. The molecule has 2 saturated heterocycles. The molecule has 0 aromatic heterocycles. The molecule has 1 amide bonds. The number of carbonyl (C=O) groups is 1. The highest BCUT2D eigenvalue weighted by Gasteiger charge is 2.33. The number of hydrogen-bond acceptors (Lipinski definition) is 4. The highest BCUT2D eigenvalue weighted by atomic mass is 16.5. The third-order valence-corrected chi connectivity index (χ3v) is 4.16. The average Bonchev–Trinajstić information content (AvgIpc) is 2.50. The standard InChI is InChI=1S/C15H20N2O3/c18-13-3-1-12(2-4-13)17-9-14(20-10-15(17)19)11-5-7-16-8-6-11/h1-4,11,14,16,18H,5-10H2. The summed E-state index contributed by atoms with van der Waals surface area (Å²) in [6, 6.07) is 6.77. The molecule has 3 rings (SSSR count). The van der Waals surface area contributed by atoms with Gasteiger partial charge in [-0.1, -0.05) is 0 Å². The zero-order valence-electron chi connectivity index (χ0n) is 11.4. The van der Waals surface area contributed by atoms with Gasteiger partial charge >= 0.3 is 0 Å². The predicted molar refractivity (Wildman–Crippen MR) is 75.8 cm³/mol. The number of rotatable bonds is 2. The second-order valence-corrected chi connectivity index (χ2v) is 5.46. The van der Waals surface area contributed by atoms with Crippen LogP contribution in [0.2, 0.25) is 0 Å². The van der Waals surface area contributed by atoms with E-state index in [0.717, 1.165) is 31.6 Å². The molecule has 0 aliphatic carbocycles. The second-order valence-electron chi connectivity index (χ2n) is 5.46. The summed E-state index contributed by atoms with van der Waals surface area (Å²) in [5.41, 5.74) is 0.829. The van der Waals surface area contributed by atoms with Crippen molar-refractivity contribution in [3.8, 4) is 5.75 Å². The molecule has 5 nitrogen and oxygen atoms in total. The van der Waals surface area contributed by atoms with E-state index in [0.29, 0.717) is 12.5 Å². The van der Waals surface area contributed by atoms with Gasteiger partial charge in [0.25, 0.3) is 5.91 Å². The van der Waals surface area contributed by atoms with Crippen molar-refractivity contribution in [3.05, 3.63) is 24.3 Å². The molecule has 0 saturated carbocycles. The maximum Gasteiger partial charge on any atom is 0.253 e. The number of carbonyl (C=O) groups excluding carboxylic acids is 1. The van der Waals surface area contributed by atoms with E-state index in [9.17, 15) is 9.90 Å². The fourth-order valence-corrected chi connectivity index (χ4v) is 2.97. The number of benzene rings is 1. The molecule has 0 spiro atoms. The number of piperidine rings is 1. The van der Waals surface area contributed by atoms with E-state index in [4.69, 9.17) is 4.74 Å². The minimum atomic E-state index is -0.0131. The maximum atomic E-state index is 12.0. The van der Waals surface area contributed by atoms with E-state index >= 15 is 0 Å². The minimum absolute atomic E-state index is 0.0131. The summed E-state index contributed by atoms with van der Waals surface area (Å²) < 4.78 is 5.74. The monoisotopic (exact) mass is 276 g/mol. The number of amides is 1. The van der Waals surface area contributed by atoms with Gasteiger partial charge in [-0.25, -0.2) is 0 Å². The SMILES string of the molecule is O=C1COC(C2CCNCC2)CN1c1ccc(O)cc1. The summed E-state index contributed by atoms with van der Waals surface area (Å²) in [6.07, 6.45) is 2.31. The van der Waals surface area contributed by atoms with Crippen LogP contribution in [0.15, 0.2) is 24.3 Å². The second kappa shape index (κ2) is 5.81. The van der Waals surface area contributed by atoms with E-state index in [1.165, 1.54) is 0 Å². The Kier molecular flexibility index (Phi) is 3.89. The molecule has 108 valence electrons. The molecule has 1 aromatic rings. The van der Waals surface area contributed by atoms with Crippen LogP contribution in [-0.4, -0.2) is 43.4 Å². The molecule has 5 heteroatoms. The molecule has 0 bridgehead atoms. The van der Waals surface area contributed by atoms with E-state index in [2.05, 4.69) is 5.32 Å². The van der Waals surface area contributed by atoms with Crippen LogP contribution in [0, 0.1) is 5.92 Å². The van der Waals surface area contributed by atoms with Crippen molar-refractivity contribution >= 4 is 11.6 Å². The van der Waals surface area contributed by atoms with Crippen molar-refractivity contribution < 1.29 is 14.6 Å². The molecular weight excluding hydrogens is 256 g/mol. The van der Waals surface area contributed by atoms with Crippen molar-refractivity contribution in [3.63, 3.8) is 0 Å². The van der Waals surface area contributed by atoms with Gasteiger partial charge in [0.1, 0.15) is 12.4 Å². The number of phenols is 1. The Morgan fingerprint density at radius 3 is 2.60 bits per heavy atom. The molecule has 2 heterocycles. The average molecular weight is 276 g/mol. The summed E-state index contributed by atoms with van der Waals surface area (Å²) in [5, 5.41) is 12.7. The van der Waals surface area contributed by atoms with Crippen LogP contribution in [-0.2, 0) is 9.53 Å². The van der Waals surface area contributed by atoms with Gasteiger partial charge in [-0.15, -0.1) is 0 Å². The summed E-state index contributed by atoms with van der Waals surface area (Å²) >= 11 is 0. The van der Waals surface area contributed by atoms with Crippen LogP contribution >= 0.6 is 0 Å². The van der Waals surface area contributed by atoms with Crippen LogP contribution in [0.4, 0.5) is 5.69 Å². The molecule has 2 aliphatic rings. The molecule has 0 radical (unpaired) electrons. The number of phenolic OH excluding ortho intramolecular Hbond substituents is 1. The lowest BCUT2D eigenvalue weighted by Gasteiger charge is -2.38. The van der Waals surface area contributed by atoms with Crippen molar-refractivity contribution in [1.82, 2.24) is 5.32 Å². The molecular formula is C15H20N2O3. The molecule has 20 heavy (non-hydrogen) atoms. The lowest BCUT2D eigenvalue weighted by Crippen LogP contribution is -2.51. The van der Waals surface area contributed by atoms with Crippen molar-refractivity contribution in [2.24, 2.45) is 5.92 Å². The van der Waals surface area contributed by atoms with Gasteiger partial charge in [-0.05, 0) is 56.1 Å². The lowest BCUT2D eigenvalue weighted by atomic mass is 9.91. The number of morpholine rings is 1. The van der Waals surface area contributed by atoms with E-state index in [1.54, 1.807) is 29.2 Å².